The summed E-state index contributed by atoms with van der Waals surface area (Å²) in [5.74, 6) is 0.469. The molecule has 0 aromatic carbocycles. The summed E-state index contributed by atoms with van der Waals surface area (Å²) in [5.41, 5.74) is 0. The molecule has 0 aliphatic heterocycles. The standard InChI is InChI=1S/C11H18O/c12-11-9-7-5-3-1-2-4-6-8-10-11/h1-2H,3-10H2/b2-1-. The van der Waals surface area contributed by atoms with Gasteiger partial charge in [-0.2, -0.15) is 0 Å². The van der Waals surface area contributed by atoms with E-state index in [1.54, 1.807) is 0 Å². The Morgan fingerprint density at radius 3 is 1.83 bits per heavy atom. The first-order valence-corrected chi connectivity index (χ1v) is 5.06. The third kappa shape index (κ3) is 4.32. The van der Waals surface area contributed by atoms with E-state index in [4.69, 9.17) is 0 Å². The largest absolute Gasteiger partial charge is 0.300 e. The Kier molecular flexibility index (Phi) is 4.74. The van der Waals surface area contributed by atoms with Crippen molar-refractivity contribution in [1.29, 1.82) is 0 Å². The monoisotopic (exact) mass is 166 g/mol. The average Bonchev–Trinajstić information content (AvgIpc) is 2.11. The van der Waals surface area contributed by atoms with Crippen LogP contribution in [0.5, 0.6) is 0 Å². The molecular weight excluding hydrogens is 148 g/mol. The molecule has 0 aromatic heterocycles. The Labute approximate surface area is 74.9 Å². The second-order valence-corrected chi connectivity index (χ2v) is 3.50. The van der Waals surface area contributed by atoms with Crippen molar-refractivity contribution >= 4 is 5.78 Å². The molecule has 0 radical (unpaired) electrons. The maximum atomic E-state index is 11.2. The van der Waals surface area contributed by atoms with Gasteiger partial charge in [0.25, 0.3) is 0 Å². The zero-order valence-corrected chi connectivity index (χ0v) is 7.72. The lowest BCUT2D eigenvalue weighted by atomic mass is 10.1. The zero-order valence-electron chi connectivity index (χ0n) is 7.72. The van der Waals surface area contributed by atoms with E-state index < -0.39 is 0 Å². The van der Waals surface area contributed by atoms with Gasteiger partial charge in [0.15, 0.2) is 0 Å². The van der Waals surface area contributed by atoms with Crippen LogP contribution >= 0.6 is 0 Å². The van der Waals surface area contributed by atoms with E-state index in [1.807, 2.05) is 0 Å². The van der Waals surface area contributed by atoms with Crippen molar-refractivity contribution in [1.82, 2.24) is 0 Å². The molecule has 1 aliphatic rings. The fourth-order valence-electron chi connectivity index (χ4n) is 1.53. The first kappa shape index (κ1) is 9.50. The van der Waals surface area contributed by atoms with Crippen LogP contribution in [0.4, 0.5) is 0 Å². The van der Waals surface area contributed by atoms with Crippen LogP contribution in [0.15, 0.2) is 12.2 Å². The minimum Gasteiger partial charge on any atom is -0.300 e. The minimum absolute atomic E-state index is 0.469. The van der Waals surface area contributed by atoms with E-state index in [9.17, 15) is 4.79 Å². The number of carbonyl (C=O) groups excluding carboxylic acids is 1. The summed E-state index contributed by atoms with van der Waals surface area (Å²) >= 11 is 0. The van der Waals surface area contributed by atoms with Crippen molar-refractivity contribution in [3.63, 3.8) is 0 Å². The van der Waals surface area contributed by atoms with E-state index >= 15 is 0 Å². The summed E-state index contributed by atoms with van der Waals surface area (Å²) < 4.78 is 0. The highest BCUT2D eigenvalue weighted by Gasteiger charge is 2.01. The van der Waals surface area contributed by atoms with Gasteiger partial charge < -0.3 is 0 Å². The average molecular weight is 166 g/mol. The number of rotatable bonds is 0. The molecule has 0 unspecified atom stereocenters. The zero-order chi connectivity index (χ0) is 8.65. The topological polar surface area (TPSA) is 17.1 Å². The Morgan fingerprint density at radius 2 is 1.33 bits per heavy atom. The van der Waals surface area contributed by atoms with Crippen LogP contribution in [0.1, 0.15) is 51.4 Å². The number of allylic oxidation sites excluding steroid dienone is 2. The predicted molar refractivity (Wildman–Crippen MR) is 51.1 cm³/mol. The van der Waals surface area contributed by atoms with Gasteiger partial charge in [0.1, 0.15) is 5.78 Å². The lowest BCUT2D eigenvalue weighted by Gasteiger charge is -1.97. The minimum atomic E-state index is 0.469. The van der Waals surface area contributed by atoms with Crippen molar-refractivity contribution in [3.05, 3.63) is 12.2 Å². The van der Waals surface area contributed by atoms with E-state index in [0.717, 1.165) is 38.5 Å². The Hall–Kier alpha value is -0.590. The van der Waals surface area contributed by atoms with Gasteiger partial charge in [-0.25, -0.2) is 0 Å². The van der Waals surface area contributed by atoms with E-state index in [2.05, 4.69) is 12.2 Å². The third-order valence-electron chi connectivity index (χ3n) is 2.32. The number of hydrogen-bond acceptors (Lipinski definition) is 1. The van der Waals surface area contributed by atoms with Gasteiger partial charge in [-0.05, 0) is 38.5 Å². The first-order valence-electron chi connectivity index (χ1n) is 5.06. The number of ketones is 1. The molecule has 1 nitrogen and oxygen atoms in total. The molecule has 1 heteroatoms. The Morgan fingerprint density at radius 1 is 0.833 bits per heavy atom. The normalized spacial score (nSPS) is 24.5. The van der Waals surface area contributed by atoms with Gasteiger partial charge in [-0.1, -0.05) is 12.2 Å². The fourth-order valence-corrected chi connectivity index (χ4v) is 1.53. The summed E-state index contributed by atoms with van der Waals surface area (Å²) in [6.07, 6.45) is 13.0. The second kappa shape index (κ2) is 5.99. The molecule has 1 rings (SSSR count). The van der Waals surface area contributed by atoms with E-state index in [1.165, 1.54) is 12.8 Å². The molecule has 12 heavy (non-hydrogen) atoms. The van der Waals surface area contributed by atoms with Crippen molar-refractivity contribution in [2.75, 3.05) is 0 Å². The van der Waals surface area contributed by atoms with E-state index in [0.29, 0.717) is 5.78 Å². The molecule has 0 N–H and O–H groups in total. The third-order valence-corrected chi connectivity index (χ3v) is 2.32. The molecule has 0 heterocycles. The van der Waals surface area contributed by atoms with Crippen molar-refractivity contribution in [2.45, 2.75) is 51.4 Å². The summed E-state index contributed by atoms with van der Waals surface area (Å²) in [7, 11) is 0. The first-order chi connectivity index (χ1) is 5.89. The highest BCUT2D eigenvalue weighted by Crippen LogP contribution is 2.09. The summed E-state index contributed by atoms with van der Waals surface area (Å²) in [5, 5.41) is 0. The van der Waals surface area contributed by atoms with Crippen molar-refractivity contribution in [2.24, 2.45) is 0 Å². The maximum absolute atomic E-state index is 11.2. The number of Topliss-reactive ketones (excluding diaryl/α,β-unsaturated/α-hetero) is 1. The lowest BCUT2D eigenvalue weighted by molar-refractivity contribution is -0.119. The van der Waals surface area contributed by atoms with Crippen LogP contribution < -0.4 is 0 Å². The van der Waals surface area contributed by atoms with Crippen LogP contribution in [0, 0.1) is 0 Å². The quantitative estimate of drug-likeness (QED) is 0.505. The molecule has 0 bridgehead atoms. The fraction of sp³-hybridized carbons (Fsp3) is 0.727. The van der Waals surface area contributed by atoms with Crippen LogP contribution in [0.25, 0.3) is 0 Å². The predicted octanol–water partition coefficient (Wildman–Crippen LogP) is 3.25. The second-order valence-electron chi connectivity index (χ2n) is 3.50. The molecule has 0 fully saturated rings. The van der Waals surface area contributed by atoms with Gasteiger partial charge in [-0.15, -0.1) is 0 Å². The summed E-state index contributed by atoms with van der Waals surface area (Å²) in [4.78, 5) is 11.2. The summed E-state index contributed by atoms with van der Waals surface area (Å²) in [6.45, 7) is 0. The molecule has 1 aliphatic carbocycles. The highest BCUT2D eigenvalue weighted by molar-refractivity contribution is 5.78. The lowest BCUT2D eigenvalue weighted by Crippen LogP contribution is -1.96. The van der Waals surface area contributed by atoms with Gasteiger partial charge in [0.05, 0.1) is 0 Å². The molecule has 0 spiro atoms. The Balaban J connectivity index is 2.25. The molecule has 68 valence electrons. The molecule has 0 atom stereocenters. The molecule has 0 saturated heterocycles. The van der Waals surface area contributed by atoms with Gasteiger partial charge in [0.2, 0.25) is 0 Å². The maximum Gasteiger partial charge on any atom is 0.132 e. The molecular formula is C11H18O. The van der Waals surface area contributed by atoms with Gasteiger partial charge in [0, 0.05) is 12.8 Å². The van der Waals surface area contributed by atoms with Crippen molar-refractivity contribution in [3.8, 4) is 0 Å². The van der Waals surface area contributed by atoms with Gasteiger partial charge in [-0.3, -0.25) is 4.79 Å². The van der Waals surface area contributed by atoms with Gasteiger partial charge >= 0.3 is 0 Å². The van der Waals surface area contributed by atoms with Crippen LogP contribution in [-0.2, 0) is 4.79 Å². The van der Waals surface area contributed by atoms with Crippen LogP contribution in [-0.4, -0.2) is 5.78 Å². The Bertz CT molecular complexity index is 142. The molecule has 0 aromatic rings. The highest BCUT2D eigenvalue weighted by atomic mass is 16.1. The smallest absolute Gasteiger partial charge is 0.132 e. The summed E-state index contributed by atoms with van der Waals surface area (Å²) in [6, 6.07) is 0. The number of hydrogen-bond donors (Lipinski definition) is 0. The molecule has 0 saturated carbocycles. The SMILES string of the molecule is O=C1CCCC/C=C\CCCC1. The number of carbonyl (C=O) groups is 1. The van der Waals surface area contributed by atoms with Crippen LogP contribution in [0.3, 0.4) is 0 Å². The van der Waals surface area contributed by atoms with E-state index in [-0.39, 0.29) is 0 Å². The van der Waals surface area contributed by atoms with Crippen LogP contribution in [0.2, 0.25) is 0 Å². The molecule has 0 amide bonds. The van der Waals surface area contributed by atoms with Crippen molar-refractivity contribution < 1.29 is 4.79 Å².